The normalized spacial score (nSPS) is 11.1. The summed E-state index contributed by atoms with van der Waals surface area (Å²) in [5.41, 5.74) is 7.29. The average Bonchev–Trinajstić information content (AvgIpc) is 3.34. The van der Waals surface area contributed by atoms with Crippen LogP contribution in [-0.4, -0.2) is 49.8 Å². The molecule has 40 heavy (non-hydrogen) atoms. The van der Waals surface area contributed by atoms with E-state index in [9.17, 15) is 14.4 Å². The zero-order chi connectivity index (χ0) is 29.0. The summed E-state index contributed by atoms with van der Waals surface area (Å²) in [4.78, 5) is 42.3. The van der Waals surface area contributed by atoms with E-state index in [1.807, 2.05) is 22.8 Å². The van der Waals surface area contributed by atoms with Crippen LogP contribution in [0.2, 0.25) is 0 Å². The Hall–Kier alpha value is -4.87. The van der Waals surface area contributed by atoms with Crippen LogP contribution in [0, 0.1) is 5.41 Å². The van der Waals surface area contributed by atoms with Gasteiger partial charge in [-0.2, -0.15) is 0 Å². The van der Waals surface area contributed by atoms with E-state index in [1.54, 1.807) is 45.5 Å². The van der Waals surface area contributed by atoms with Crippen LogP contribution in [-0.2, 0) is 31.4 Å². The summed E-state index contributed by atoms with van der Waals surface area (Å²) < 4.78 is 15.1. The zero-order valence-corrected chi connectivity index (χ0v) is 22.6. The minimum absolute atomic E-state index is 0.0392. The number of rotatable bonds is 12. The van der Waals surface area contributed by atoms with Crippen LogP contribution in [0.4, 0.5) is 0 Å². The first-order chi connectivity index (χ1) is 19.2. The highest BCUT2D eigenvalue weighted by atomic mass is 16.5. The SMILES string of the molecule is COc1ccc(CCn2c(-c3ccc(C(=N)N)cc3)nc3c(=O)n(CCCCC(=O)O)c(=O)n(C)c32)cc1OC. The third kappa shape index (κ3) is 5.60. The van der Waals surface area contributed by atoms with E-state index in [2.05, 4.69) is 0 Å². The topological polar surface area (TPSA) is 167 Å². The predicted octanol–water partition coefficient (Wildman–Crippen LogP) is 2.36. The third-order valence-corrected chi connectivity index (χ3v) is 6.77. The molecule has 0 radical (unpaired) electrons. The molecule has 0 aliphatic carbocycles. The Morgan fingerprint density at radius 2 is 1.70 bits per heavy atom. The Bertz CT molecular complexity index is 1680. The highest BCUT2D eigenvalue weighted by Crippen LogP contribution is 2.29. The number of ether oxygens (including phenoxy) is 2. The van der Waals surface area contributed by atoms with E-state index in [4.69, 9.17) is 30.7 Å². The van der Waals surface area contributed by atoms with Crippen LogP contribution in [0.3, 0.4) is 0 Å². The smallest absolute Gasteiger partial charge is 0.332 e. The quantitative estimate of drug-likeness (QED) is 0.138. The Morgan fingerprint density at radius 3 is 2.33 bits per heavy atom. The molecule has 2 aromatic heterocycles. The Kier molecular flexibility index (Phi) is 8.37. The molecule has 12 heteroatoms. The van der Waals surface area contributed by atoms with Crippen molar-refractivity contribution in [2.24, 2.45) is 12.8 Å². The number of carbonyl (C=O) groups is 1. The average molecular weight is 549 g/mol. The van der Waals surface area contributed by atoms with Gasteiger partial charge in [0.05, 0.1) is 14.2 Å². The maximum absolute atomic E-state index is 13.5. The number of hydrogen-bond donors (Lipinski definition) is 3. The number of carboxylic acids is 1. The maximum Gasteiger partial charge on any atom is 0.332 e. The molecule has 4 aromatic rings. The summed E-state index contributed by atoms with van der Waals surface area (Å²) in [7, 11) is 4.73. The van der Waals surface area contributed by atoms with Gasteiger partial charge in [-0.05, 0) is 37.0 Å². The van der Waals surface area contributed by atoms with Crippen LogP contribution in [0.1, 0.15) is 30.4 Å². The summed E-state index contributed by atoms with van der Waals surface area (Å²) in [5, 5.41) is 16.6. The first kappa shape index (κ1) is 28.1. The van der Waals surface area contributed by atoms with Gasteiger partial charge in [-0.3, -0.25) is 24.1 Å². The minimum Gasteiger partial charge on any atom is -0.493 e. The lowest BCUT2D eigenvalue weighted by Gasteiger charge is -2.14. The van der Waals surface area contributed by atoms with Gasteiger partial charge < -0.3 is 24.9 Å². The summed E-state index contributed by atoms with van der Waals surface area (Å²) in [6, 6.07) is 12.6. The van der Waals surface area contributed by atoms with E-state index >= 15 is 0 Å². The summed E-state index contributed by atoms with van der Waals surface area (Å²) >= 11 is 0. The number of nitrogens with one attached hydrogen (secondary N) is 1. The standard InChI is InChI=1S/C28H32N6O6/c1-32-26-23(27(37)34(28(32)38)14-5-4-6-22(35)36)31-25(19-10-8-18(9-11-19)24(29)30)33(26)15-13-17-7-12-20(39-2)21(16-17)40-3/h7-12,16H,4-6,13-15H2,1-3H3,(H3,29,30)(H,35,36). The van der Waals surface area contributed by atoms with Crippen molar-refractivity contribution in [2.75, 3.05) is 14.2 Å². The van der Waals surface area contributed by atoms with Gasteiger partial charge in [0.25, 0.3) is 5.56 Å². The second kappa shape index (κ2) is 11.9. The number of aliphatic carboxylic acids is 1. The van der Waals surface area contributed by atoms with E-state index in [-0.39, 0.29) is 24.3 Å². The van der Waals surface area contributed by atoms with Crippen LogP contribution in [0.15, 0.2) is 52.1 Å². The molecule has 0 amide bonds. The number of amidine groups is 1. The second-order valence-corrected chi connectivity index (χ2v) is 9.34. The first-order valence-electron chi connectivity index (χ1n) is 12.7. The van der Waals surface area contributed by atoms with Gasteiger partial charge in [0.1, 0.15) is 17.3 Å². The van der Waals surface area contributed by atoms with Crippen molar-refractivity contribution in [3.8, 4) is 22.9 Å². The Balaban J connectivity index is 1.82. The molecule has 4 N–H and O–H groups in total. The summed E-state index contributed by atoms with van der Waals surface area (Å²) in [6.07, 6.45) is 1.21. The third-order valence-electron chi connectivity index (χ3n) is 6.77. The molecule has 0 saturated heterocycles. The molecule has 0 unspecified atom stereocenters. The molecule has 0 aliphatic rings. The number of benzene rings is 2. The van der Waals surface area contributed by atoms with Crippen molar-refractivity contribution in [1.82, 2.24) is 18.7 Å². The van der Waals surface area contributed by atoms with Gasteiger partial charge in [0, 0.05) is 37.7 Å². The van der Waals surface area contributed by atoms with Crippen molar-refractivity contribution in [3.63, 3.8) is 0 Å². The molecule has 2 aromatic carbocycles. The van der Waals surface area contributed by atoms with Crippen molar-refractivity contribution in [1.29, 1.82) is 5.41 Å². The number of aromatic nitrogens is 4. The largest absolute Gasteiger partial charge is 0.493 e. The van der Waals surface area contributed by atoms with Crippen LogP contribution >= 0.6 is 0 Å². The number of aryl methyl sites for hydroxylation is 3. The fourth-order valence-electron chi connectivity index (χ4n) is 4.67. The summed E-state index contributed by atoms with van der Waals surface area (Å²) in [5.74, 6) is 0.693. The number of nitrogens with two attached hydrogens (primary N) is 1. The fraction of sp³-hybridized carbons (Fsp3) is 0.321. The highest BCUT2D eigenvalue weighted by Gasteiger charge is 2.21. The number of methoxy groups -OCH3 is 2. The molecule has 0 atom stereocenters. The van der Waals surface area contributed by atoms with Gasteiger partial charge in [-0.1, -0.05) is 30.3 Å². The van der Waals surface area contributed by atoms with Crippen LogP contribution in [0.5, 0.6) is 11.5 Å². The van der Waals surface area contributed by atoms with Gasteiger partial charge in [-0.25, -0.2) is 9.78 Å². The lowest BCUT2D eigenvalue weighted by Crippen LogP contribution is -2.39. The Labute approximate surface area is 229 Å². The van der Waals surface area contributed by atoms with E-state index in [0.29, 0.717) is 59.9 Å². The molecule has 4 rings (SSSR count). The molecule has 12 nitrogen and oxygen atoms in total. The number of imidazole rings is 1. The molecule has 0 fully saturated rings. The van der Waals surface area contributed by atoms with Gasteiger partial charge in [0.2, 0.25) is 0 Å². The van der Waals surface area contributed by atoms with Crippen molar-refractivity contribution in [3.05, 3.63) is 74.4 Å². The van der Waals surface area contributed by atoms with Crippen molar-refractivity contribution >= 4 is 23.0 Å². The second-order valence-electron chi connectivity index (χ2n) is 9.34. The van der Waals surface area contributed by atoms with Crippen molar-refractivity contribution in [2.45, 2.75) is 38.8 Å². The molecule has 0 bridgehead atoms. The molecule has 0 spiro atoms. The Morgan fingerprint density at radius 1 is 1.00 bits per heavy atom. The molecule has 2 heterocycles. The lowest BCUT2D eigenvalue weighted by atomic mass is 10.1. The highest BCUT2D eigenvalue weighted by molar-refractivity contribution is 5.95. The molecule has 210 valence electrons. The molecule has 0 aliphatic heterocycles. The number of fused-ring (bicyclic) bond motifs is 1. The van der Waals surface area contributed by atoms with Crippen molar-refractivity contribution < 1.29 is 19.4 Å². The van der Waals surface area contributed by atoms with Gasteiger partial charge in [-0.15, -0.1) is 0 Å². The molecule has 0 saturated carbocycles. The van der Waals surface area contributed by atoms with Crippen LogP contribution < -0.4 is 26.5 Å². The molecular formula is C28H32N6O6. The van der Waals surface area contributed by atoms with Gasteiger partial charge >= 0.3 is 11.7 Å². The fourth-order valence-corrected chi connectivity index (χ4v) is 4.67. The summed E-state index contributed by atoms with van der Waals surface area (Å²) in [6.45, 7) is 0.487. The molecular weight excluding hydrogens is 516 g/mol. The van der Waals surface area contributed by atoms with E-state index in [0.717, 1.165) is 10.1 Å². The van der Waals surface area contributed by atoms with E-state index in [1.165, 1.54) is 4.57 Å². The number of carboxylic acid groups (broad SMARTS) is 1. The lowest BCUT2D eigenvalue weighted by molar-refractivity contribution is -0.137. The zero-order valence-electron chi connectivity index (χ0n) is 22.6. The predicted molar refractivity (Wildman–Crippen MR) is 150 cm³/mol. The number of hydrogen-bond acceptors (Lipinski definition) is 7. The van der Waals surface area contributed by atoms with Gasteiger partial charge in [0.15, 0.2) is 17.0 Å². The monoisotopic (exact) mass is 548 g/mol. The maximum atomic E-state index is 13.5. The van der Waals surface area contributed by atoms with E-state index < -0.39 is 17.2 Å². The number of nitrogen functional groups attached to an aromatic ring is 1. The first-order valence-corrected chi connectivity index (χ1v) is 12.7. The number of unbranched alkanes of at least 4 members (excludes halogenated alkanes) is 1. The number of nitrogens with zero attached hydrogens (tertiary/aromatic N) is 4. The van der Waals surface area contributed by atoms with Crippen LogP contribution in [0.25, 0.3) is 22.6 Å². The minimum atomic E-state index is -0.927.